The summed E-state index contributed by atoms with van der Waals surface area (Å²) in [5.41, 5.74) is 6.36. The number of benzene rings is 1. The van der Waals surface area contributed by atoms with Gasteiger partial charge in [-0.3, -0.25) is 4.79 Å². The van der Waals surface area contributed by atoms with Gasteiger partial charge in [-0.2, -0.15) is 0 Å². The second-order valence-corrected chi connectivity index (χ2v) is 4.74. The van der Waals surface area contributed by atoms with E-state index in [4.69, 9.17) is 10.5 Å². The molecule has 0 spiro atoms. The average molecular weight is 248 g/mol. The highest BCUT2D eigenvalue weighted by Gasteiger charge is 2.27. The number of likely N-dealkylation sites (tertiary alicyclic amines) is 1. The molecule has 1 heterocycles. The van der Waals surface area contributed by atoms with E-state index in [1.165, 1.54) is 0 Å². The molecule has 4 heteroatoms. The molecular weight excluding hydrogens is 228 g/mol. The van der Waals surface area contributed by atoms with Gasteiger partial charge in [-0.1, -0.05) is 19.4 Å². The Kier molecular flexibility index (Phi) is 4.07. The molecule has 4 nitrogen and oxygen atoms in total. The number of nitrogens with zero attached hydrogens (tertiary/aromatic N) is 1. The highest BCUT2D eigenvalue weighted by atomic mass is 16.5. The van der Waals surface area contributed by atoms with Gasteiger partial charge in [0.15, 0.2) is 0 Å². The van der Waals surface area contributed by atoms with Crippen molar-refractivity contribution in [3.63, 3.8) is 0 Å². The maximum absolute atomic E-state index is 11.7. The van der Waals surface area contributed by atoms with E-state index in [2.05, 4.69) is 6.92 Å². The molecule has 0 radical (unpaired) electrons. The van der Waals surface area contributed by atoms with Gasteiger partial charge >= 0.3 is 0 Å². The first-order valence-electron chi connectivity index (χ1n) is 6.45. The molecule has 1 atom stereocenters. The lowest BCUT2D eigenvalue weighted by Crippen LogP contribution is -2.29. The van der Waals surface area contributed by atoms with E-state index < -0.39 is 0 Å². The van der Waals surface area contributed by atoms with Crippen LogP contribution in [0.3, 0.4) is 0 Å². The molecule has 1 aromatic carbocycles. The van der Waals surface area contributed by atoms with E-state index in [1.54, 1.807) is 6.07 Å². The summed E-state index contributed by atoms with van der Waals surface area (Å²) in [6, 6.07) is 7.35. The van der Waals surface area contributed by atoms with Gasteiger partial charge in [0.25, 0.3) is 0 Å². The number of rotatable bonds is 5. The minimum absolute atomic E-state index is 0.248. The van der Waals surface area contributed by atoms with Crippen LogP contribution >= 0.6 is 0 Å². The number of hydrogen-bond acceptors (Lipinski definition) is 3. The Bertz CT molecular complexity index is 420. The molecule has 98 valence electrons. The third-order valence-electron chi connectivity index (χ3n) is 3.36. The smallest absolute Gasteiger partial charge is 0.223 e. The lowest BCUT2D eigenvalue weighted by Gasteiger charge is -2.16. The predicted octanol–water partition coefficient (Wildman–Crippen LogP) is 1.91. The maximum Gasteiger partial charge on any atom is 0.223 e. The zero-order valence-corrected chi connectivity index (χ0v) is 10.8. The summed E-state index contributed by atoms with van der Waals surface area (Å²) in [7, 11) is 0. The molecule has 1 unspecified atom stereocenters. The van der Waals surface area contributed by atoms with Crippen LogP contribution in [0.5, 0.6) is 5.75 Å². The third-order valence-corrected chi connectivity index (χ3v) is 3.36. The highest BCUT2D eigenvalue weighted by molar-refractivity contribution is 5.78. The number of nitrogens with two attached hydrogens (primary N) is 1. The Balaban J connectivity index is 1.77. The second kappa shape index (κ2) is 5.76. The zero-order valence-electron chi connectivity index (χ0n) is 10.8. The van der Waals surface area contributed by atoms with Crippen LogP contribution in [0.1, 0.15) is 19.8 Å². The molecular formula is C14H20N2O2. The summed E-state index contributed by atoms with van der Waals surface area (Å²) in [5, 5.41) is 0. The van der Waals surface area contributed by atoms with Crippen LogP contribution in [0.15, 0.2) is 24.3 Å². The van der Waals surface area contributed by atoms with E-state index in [0.29, 0.717) is 31.2 Å². The number of anilines is 1. The number of carbonyl (C=O) groups excluding carboxylic acids is 1. The minimum Gasteiger partial charge on any atom is -0.492 e. The Morgan fingerprint density at radius 2 is 2.33 bits per heavy atom. The highest BCUT2D eigenvalue weighted by Crippen LogP contribution is 2.20. The monoisotopic (exact) mass is 248 g/mol. The largest absolute Gasteiger partial charge is 0.492 e. The second-order valence-electron chi connectivity index (χ2n) is 4.74. The predicted molar refractivity (Wildman–Crippen MR) is 71.3 cm³/mol. The molecule has 1 saturated heterocycles. The van der Waals surface area contributed by atoms with Crippen LogP contribution in [-0.4, -0.2) is 30.5 Å². The molecule has 0 bridgehead atoms. The third kappa shape index (κ3) is 3.15. The Labute approximate surface area is 108 Å². The van der Waals surface area contributed by atoms with Gasteiger partial charge in [-0.25, -0.2) is 0 Å². The first-order valence-corrected chi connectivity index (χ1v) is 6.45. The molecule has 1 aliphatic rings. The lowest BCUT2D eigenvalue weighted by molar-refractivity contribution is -0.128. The van der Waals surface area contributed by atoms with Crippen LogP contribution in [0.25, 0.3) is 0 Å². The molecule has 0 aromatic heterocycles. The fourth-order valence-corrected chi connectivity index (χ4v) is 2.22. The van der Waals surface area contributed by atoms with Crippen molar-refractivity contribution in [2.24, 2.45) is 5.92 Å². The van der Waals surface area contributed by atoms with Crippen molar-refractivity contribution >= 4 is 11.6 Å². The summed E-state index contributed by atoms with van der Waals surface area (Å²) in [4.78, 5) is 13.6. The number of hydrogen-bond donors (Lipinski definition) is 1. The quantitative estimate of drug-likeness (QED) is 0.810. The number of amides is 1. The van der Waals surface area contributed by atoms with E-state index >= 15 is 0 Å². The van der Waals surface area contributed by atoms with E-state index in [0.717, 1.165) is 18.7 Å². The standard InChI is InChI=1S/C14H20N2O2/c1-2-11-8-14(17)16(10-11)6-7-18-13-5-3-4-12(15)9-13/h3-5,9,11H,2,6-8,10,15H2,1H3. The van der Waals surface area contributed by atoms with Gasteiger partial charge in [-0.05, 0) is 18.1 Å². The molecule has 18 heavy (non-hydrogen) atoms. The molecule has 1 amide bonds. The molecule has 2 rings (SSSR count). The fourth-order valence-electron chi connectivity index (χ4n) is 2.22. The minimum atomic E-state index is 0.248. The molecule has 0 saturated carbocycles. The van der Waals surface area contributed by atoms with Gasteiger partial charge in [0.1, 0.15) is 12.4 Å². The first-order chi connectivity index (χ1) is 8.69. The topological polar surface area (TPSA) is 55.6 Å². The molecule has 0 aliphatic carbocycles. The van der Waals surface area contributed by atoms with Gasteiger partial charge in [0.2, 0.25) is 5.91 Å². The average Bonchev–Trinajstić information content (AvgIpc) is 2.71. The van der Waals surface area contributed by atoms with Crippen LogP contribution in [-0.2, 0) is 4.79 Å². The van der Waals surface area contributed by atoms with Crippen molar-refractivity contribution in [3.05, 3.63) is 24.3 Å². The first kappa shape index (κ1) is 12.7. The van der Waals surface area contributed by atoms with Crippen LogP contribution < -0.4 is 10.5 Å². The SMILES string of the molecule is CCC1CC(=O)N(CCOc2cccc(N)c2)C1. The molecule has 1 fully saturated rings. The summed E-state index contributed by atoms with van der Waals surface area (Å²) < 4.78 is 5.59. The van der Waals surface area contributed by atoms with Crippen molar-refractivity contribution in [2.45, 2.75) is 19.8 Å². The van der Waals surface area contributed by atoms with Gasteiger partial charge in [0, 0.05) is 24.7 Å². The zero-order chi connectivity index (χ0) is 13.0. The number of nitrogen functional groups attached to an aromatic ring is 1. The van der Waals surface area contributed by atoms with E-state index in [1.807, 2.05) is 23.1 Å². The van der Waals surface area contributed by atoms with Gasteiger partial charge < -0.3 is 15.4 Å². The summed E-state index contributed by atoms with van der Waals surface area (Å²) in [6.45, 7) is 4.18. The van der Waals surface area contributed by atoms with Crippen LogP contribution in [0.2, 0.25) is 0 Å². The normalized spacial score (nSPS) is 19.3. The van der Waals surface area contributed by atoms with E-state index in [-0.39, 0.29) is 5.91 Å². The lowest BCUT2D eigenvalue weighted by atomic mass is 10.1. The Morgan fingerprint density at radius 1 is 1.50 bits per heavy atom. The number of ether oxygens (including phenoxy) is 1. The number of carbonyl (C=O) groups is 1. The van der Waals surface area contributed by atoms with Crippen molar-refractivity contribution < 1.29 is 9.53 Å². The van der Waals surface area contributed by atoms with Crippen molar-refractivity contribution in [1.82, 2.24) is 4.90 Å². The van der Waals surface area contributed by atoms with Crippen molar-refractivity contribution in [2.75, 3.05) is 25.4 Å². The van der Waals surface area contributed by atoms with Gasteiger partial charge in [0.05, 0.1) is 6.54 Å². The van der Waals surface area contributed by atoms with Crippen molar-refractivity contribution in [3.8, 4) is 5.75 Å². The molecule has 1 aromatic rings. The summed E-state index contributed by atoms with van der Waals surface area (Å²) >= 11 is 0. The molecule has 1 aliphatic heterocycles. The molecule has 2 N–H and O–H groups in total. The maximum atomic E-state index is 11.7. The van der Waals surface area contributed by atoms with E-state index in [9.17, 15) is 4.79 Å². The Hall–Kier alpha value is -1.71. The van der Waals surface area contributed by atoms with Gasteiger partial charge in [-0.15, -0.1) is 0 Å². The fraction of sp³-hybridized carbons (Fsp3) is 0.500. The summed E-state index contributed by atoms with van der Waals surface area (Å²) in [6.07, 6.45) is 1.76. The van der Waals surface area contributed by atoms with Crippen molar-refractivity contribution in [1.29, 1.82) is 0 Å². The van der Waals surface area contributed by atoms with Crippen LogP contribution in [0.4, 0.5) is 5.69 Å². The van der Waals surface area contributed by atoms with Crippen LogP contribution in [0, 0.1) is 5.92 Å². The Morgan fingerprint density at radius 3 is 3.00 bits per heavy atom. The summed E-state index contributed by atoms with van der Waals surface area (Å²) in [5.74, 6) is 1.52.